The molecule has 0 saturated carbocycles. The molecule has 0 aromatic rings. The highest BCUT2D eigenvalue weighted by molar-refractivity contribution is 14.0. The summed E-state index contributed by atoms with van der Waals surface area (Å²) in [5.41, 5.74) is -0.217. The molecule has 0 aliphatic rings. The molecule has 150 valence electrons. The number of nitrogens with zero attached hydrogens (tertiary/aromatic N) is 2. The highest BCUT2D eigenvalue weighted by Gasteiger charge is 2.13. The highest BCUT2D eigenvalue weighted by Crippen LogP contribution is 2.02. The van der Waals surface area contributed by atoms with Crippen LogP contribution in [0, 0.1) is 0 Å². The Bertz CT molecular complexity index is 367. The maximum atomic E-state index is 11.8. The van der Waals surface area contributed by atoms with Gasteiger partial charge in [0.1, 0.15) is 6.54 Å². The van der Waals surface area contributed by atoms with E-state index in [4.69, 9.17) is 0 Å². The Balaban J connectivity index is 0. The number of carbonyl (C=O) groups excluding carboxylic acids is 1. The topological polar surface area (TPSA) is 68.8 Å². The summed E-state index contributed by atoms with van der Waals surface area (Å²) in [5, 5.41) is 9.39. The van der Waals surface area contributed by atoms with Crippen molar-refractivity contribution in [1.29, 1.82) is 0 Å². The van der Waals surface area contributed by atoms with Crippen molar-refractivity contribution in [2.75, 3.05) is 40.3 Å². The number of hydrogen-bond acceptors (Lipinski definition) is 3. The van der Waals surface area contributed by atoms with Gasteiger partial charge in [-0.2, -0.15) is 0 Å². The second kappa shape index (κ2) is 15.7. The first-order valence-electron chi connectivity index (χ1n) is 9.22. The standard InChI is InChI=1S/C18H39N5O.HI/c1-7-19-17(21-15-16(24)22-18(2,3)4)20-13-11-9-8-10-12-14-23(5)6;/h7-15H2,1-6H3,(H,22,24)(H2,19,20,21);1H. The van der Waals surface area contributed by atoms with Gasteiger partial charge in [-0.3, -0.25) is 4.79 Å². The summed E-state index contributed by atoms with van der Waals surface area (Å²) in [6.07, 6.45) is 6.19. The lowest BCUT2D eigenvalue weighted by molar-refractivity contribution is -0.121. The van der Waals surface area contributed by atoms with Crippen molar-refractivity contribution in [2.45, 2.75) is 65.3 Å². The van der Waals surface area contributed by atoms with E-state index in [1.165, 1.54) is 32.2 Å². The van der Waals surface area contributed by atoms with Crippen molar-refractivity contribution in [3.05, 3.63) is 0 Å². The summed E-state index contributed by atoms with van der Waals surface area (Å²) in [6, 6.07) is 0. The minimum Gasteiger partial charge on any atom is -0.357 e. The molecule has 0 radical (unpaired) electrons. The molecule has 0 rings (SSSR count). The summed E-state index contributed by atoms with van der Waals surface area (Å²) in [7, 11) is 4.24. The van der Waals surface area contributed by atoms with Crippen LogP contribution >= 0.6 is 24.0 Å². The Kier molecular flexibility index (Phi) is 16.7. The van der Waals surface area contributed by atoms with Crippen LogP contribution in [0.3, 0.4) is 0 Å². The second-order valence-electron chi connectivity index (χ2n) is 7.49. The fourth-order valence-corrected chi connectivity index (χ4v) is 2.24. The summed E-state index contributed by atoms with van der Waals surface area (Å²) in [6.45, 7) is 10.9. The molecule has 25 heavy (non-hydrogen) atoms. The number of halogens is 1. The van der Waals surface area contributed by atoms with E-state index < -0.39 is 0 Å². The van der Waals surface area contributed by atoms with Crippen LogP contribution in [-0.4, -0.2) is 62.6 Å². The molecule has 0 spiro atoms. The van der Waals surface area contributed by atoms with Gasteiger partial charge in [0.15, 0.2) is 5.96 Å². The summed E-state index contributed by atoms with van der Waals surface area (Å²) >= 11 is 0. The Hall–Kier alpha value is -0.570. The third-order valence-electron chi connectivity index (χ3n) is 3.31. The van der Waals surface area contributed by atoms with Crippen LogP contribution in [0.4, 0.5) is 0 Å². The minimum atomic E-state index is -0.217. The van der Waals surface area contributed by atoms with E-state index in [1.807, 2.05) is 27.7 Å². The zero-order valence-corrected chi connectivity index (χ0v) is 19.4. The van der Waals surface area contributed by atoms with E-state index in [9.17, 15) is 4.79 Å². The zero-order valence-electron chi connectivity index (χ0n) is 17.1. The summed E-state index contributed by atoms with van der Waals surface area (Å²) in [5.74, 6) is 0.662. The number of nitrogens with one attached hydrogen (secondary N) is 3. The molecule has 0 aliphatic carbocycles. The highest BCUT2D eigenvalue weighted by atomic mass is 127. The fraction of sp³-hybridized carbons (Fsp3) is 0.889. The lowest BCUT2D eigenvalue weighted by atomic mass is 10.1. The molecule has 0 fully saturated rings. The third-order valence-corrected chi connectivity index (χ3v) is 3.31. The van der Waals surface area contributed by atoms with Gasteiger partial charge in [-0.05, 0) is 61.2 Å². The minimum absolute atomic E-state index is 0. The van der Waals surface area contributed by atoms with E-state index >= 15 is 0 Å². The fourth-order valence-electron chi connectivity index (χ4n) is 2.24. The number of guanidine groups is 1. The molecule has 0 aromatic heterocycles. The van der Waals surface area contributed by atoms with Gasteiger partial charge in [0, 0.05) is 18.6 Å². The van der Waals surface area contributed by atoms with Crippen molar-refractivity contribution in [2.24, 2.45) is 4.99 Å². The first kappa shape index (κ1) is 26.7. The molecule has 0 aromatic carbocycles. The van der Waals surface area contributed by atoms with Gasteiger partial charge in [0.2, 0.25) is 5.91 Å². The molecule has 1 amide bonds. The number of carbonyl (C=O) groups is 1. The van der Waals surface area contributed by atoms with Crippen LogP contribution in [0.25, 0.3) is 0 Å². The SMILES string of the molecule is CCNC(=NCC(=O)NC(C)(C)C)NCCCCCCCN(C)C.I. The number of amides is 1. The van der Waals surface area contributed by atoms with Crippen molar-refractivity contribution < 1.29 is 4.79 Å². The molecule has 0 aliphatic heterocycles. The van der Waals surface area contributed by atoms with Crippen LogP contribution in [0.1, 0.15) is 59.8 Å². The predicted molar refractivity (Wildman–Crippen MR) is 119 cm³/mol. The molecule has 0 heterocycles. The lowest BCUT2D eigenvalue weighted by Crippen LogP contribution is -2.43. The van der Waals surface area contributed by atoms with E-state index in [1.54, 1.807) is 0 Å². The van der Waals surface area contributed by atoms with Crippen LogP contribution in [0.15, 0.2) is 4.99 Å². The number of hydrogen-bond donors (Lipinski definition) is 3. The maximum absolute atomic E-state index is 11.8. The predicted octanol–water partition coefficient (Wildman–Crippen LogP) is 2.59. The van der Waals surface area contributed by atoms with Gasteiger partial charge in [0.25, 0.3) is 0 Å². The van der Waals surface area contributed by atoms with Crippen molar-refractivity contribution in [3.63, 3.8) is 0 Å². The molecule has 6 nitrogen and oxygen atoms in total. The first-order chi connectivity index (χ1) is 11.2. The van der Waals surface area contributed by atoms with Crippen LogP contribution in [-0.2, 0) is 4.79 Å². The van der Waals surface area contributed by atoms with Crippen molar-refractivity contribution in [3.8, 4) is 0 Å². The van der Waals surface area contributed by atoms with Crippen LogP contribution in [0.5, 0.6) is 0 Å². The smallest absolute Gasteiger partial charge is 0.242 e. The average molecular weight is 469 g/mol. The maximum Gasteiger partial charge on any atom is 0.242 e. The normalized spacial score (nSPS) is 11.9. The quantitative estimate of drug-likeness (QED) is 0.188. The Labute approximate surface area is 172 Å². The van der Waals surface area contributed by atoms with E-state index in [0.717, 1.165) is 19.5 Å². The monoisotopic (exact) mass is 469 g/mol. The van der Waals surface area contributed by atoms with Crippen molar-refractivity contribution >= 4 is 35.8 Å². The van der Waals surface area contributed by atoms with E-state index in [-0.39, 0.29) is 42.0 Å². The van der Waals surface area contributed by atoms with E-state index in [2.05, 4.69) is 39.9 Å². The van der Waals surface area contributed by atoms with Gasteiger partial charge in [-0.25, -0.2) is 4.99 Å². The molecular weight excluding hydrogens is 429 g/mol. The van der Waals surface area contributed by atoms with Crippen molar-refractivity contribution in [1.82, 2.24) is 20.9 Å². The second-order valence-corrected chi connectivity index (χ2v) is 7.49. The van der Waals surface area contributed by atoms with Crippen LogP contribution < -0.4 is 16.0 Å². The molecule has 0 bridgehead atoms. The Morgan fingerprint density at radius 1 is 1.00 bits per heavy atom. The Morgan fingerprint density at radius 3 is 2.16 bits per heavy atom. The average Bonchev–Trinajstić information content (AvgIpc) is 2.45. The molecule has 0 saturated heterocycles. The van der Waals surface area contributed by atoms with Gasteiger partial charge in [-0.15, -0.1) is 24.0 Å². The number of aliphatic imine (C=N–C) groups is 1. The van der Waals surface area contributed by atoms with Gasteiger partial charge in [-0.1, -0.05) is 19.3 Å². The molecule has 0 unspecified atom stereocenters. The molecule has 0 atom stereocenters. The first-order valence-corrected chi connectivity index (χ1v) is 9.22. The molecular formula is C18H40IN5O. The third kappa shape index (κ3) is 19.6. The van der Waals surface area contributed by atoms with Gasteiger partial charge in [0.05, 0.1) is 0 Å². The van der Waals surface area contributed by atoms with E-state index in [0.29, 0.717) is 5.96 Å². The van der Waals surface area contributed by atoms with Crippen LogP contribution in [0.2, 0.25) is 0 Å². The molecule has 7 heteroatoms. The Morgan fingerprint density at radius 2 is 1.60 bits per heavy atom. The van der Waals surface area contributed by atoms with Gasteiger partial charge >= 0.3 is 0 Å². The number of rotatable bonds is 11. The van der Waals surface area contributed by atoms with Gasteiger partial charge < -0.3 is 20.9 Å². The number of unbranched alkanes of at least 4 members (excludes halogenated alkanes) is 4. The largest absolute Gasteiger partial charge is 0.357 e. The lowest BCUT2D eigenvalue weighted by Gasteiger charge is -2.20. The zero-order chi connectivity index (χ0) is 18.4. The summed E-state index contributed by atoms with van der Waals surface area (Å²) < 4.78 is 0. The molecule has 3 N–H and O–H groups in total. The summed E-state index contributed by atoms with van der Waals surface area (Å²) in [4.78, 5) is 18.4.